The molecule has 1 aromatic rings. The summed E-state index contributed by atoms with van der Waals surface area (Å²) in [4.78, 5) is 14.6. The fourth-order valence-corrected chi connectivity index (χ4v) is 2.75. The van der Waals surface area contributed by atoms with E-state index in [4.69, 9.17) is 19.7 Å². The number of carboxylic acid groups (broad SMARTS) is 1. The number of ether oxygens (including phenoxy) is 2. The topological polar surface area (TPSA) is 141 Å². The maximum absolute atomic E-state index is 10.8. The van der Waals surface area contributed by atoms with Crippen LogP contribution in [0.2, 0.25) is 0 Å². The third-order valence-electron chi connectivity index (χ3n) is 3.13. The molecule has 1 aliphatic heterocycles. The zero-order chi connectivity index (χ0) is 15.6. The Bertz CT molecular complexity index is 495. The molecule has 2 heterocycles. The van der Waals surface area contributed by atoms with E-state index in [2.05, 4.69) is 10.3 Å². The Morgan fingerprint density at radius 1 is 1.52 bits per heavy atom. The maximum atomic E-state index is 10.8. The van der Waals surface area contributed by atoms with Crippen molar-refractivity contribution in [3.05, 3.63) is 11.1 Å². The van der Waals surface area contributed by atoms with Crippen LogP contribution in [0, 0.1) is 0 Å². The molecule has 2 rings (SSSR count). The molecular weight excluding hydrogens is 304 g/mol. The third-order valence-corrected chi connectivity index (χ3v) is 3.90. The van der Waals surface area contributed by atoms with Crippen LogP contribution in [0.25, 0.3) is 0 Å². The standard InChI is InChI=1S/C11H16N2O7S/c1-19-10-6(8(16)7(15)5(2-14)20-10)13-11-12-4(3-21-11)9(17)18/h3,5-8,10,14-16H,2H2,1H3,(H,12,13)(H,17,18)/t5-,6-,7+,8-,10+/m1/s1. The average molecular weight is 320 g/mol. The molecule has 0 spiro atoms. The van der Waals surface area contributed by atoms with E-state index >= 15 is 0 Å². The lowest BCUT2D eigenvalue weighted by atomic mass is 9.97. The fourth-order valence-electron chi connectivity index (χ4n) is 2.02. The Balaban J connectivity index is 2.13. The summed E-state index contributed by atoms with van der Waals surface area (Å²) >= 11 is 1.04. The highest BCUT2D eigenvalue weighted by Gasteiger charge is 2.44. The van der Waals surface area contributed by atoms with Gasteiger partial charge in [0, 0.05) is 12.5 Å². The Hall–Kier alpha value is -1.30. The number of aromatic carboxylic acids is 1. The monoisotopic (exact) mass is 320 g/mol. The van der Waals surface area contributed by atoms with Gasteiger partial charge in [-0.1, -0.05) is 0 Å². The number of carboxylic acids is 1. The van der Waals surface area contributed by atoms with Crippen molar-refractivity contribution in [3.63, 3.8) is 0 Å². The summed E-state index contributed by atoms with van der Waals surface area (Å²) in [7, 11) is 1.35. The van der Waals surface area contributed by atoms with Gasteiger partial charge in [0.1, 0.15) is 24.4 Å². The normalized spacial score (nSPS) is 32.9. The molecule has 0 saturated carbocycles. The number of thiazole rings is 1. The highest BCUT2D eigenvalue weighted by Crippen LogP contribution is 2.26. The van der Waals surface area contributed by atoms with Crippen molar-refractivity contribution < 1.29 is 34.7 Å². The van der Waals surface area contributed by atoms with Crippen molar-refractivity contribution >= 4 is 22.4 Å². The van der Waals surface area contributed by atoms with Crippen LogP contribution >= 0.6 is 11.3 Å². The molecule has 5 atom stereocenters. The highest BCUT2D eigenvalue weighted by molar-refractivity contribution is 7.13. The molecule has 0 aromatic carbocycles. The zero-order valence-corrected chi connectivity index (χ0v) is 11.9. The molecule has 1 aliphatic rings. The second-order valence-electron chi connectivity index (χ2n) is 4.46. The number of nitrogens with zero attached hydrogens (tertiary/aromatic N) is 1. The largest absolute Gasteiger partial charge is 0.476 e. The lowest BCUT2D eigenvalue weighted by Crippen LogP contribution is -2.61. The second kappa shape index (κ2) is 6.64. The number of methoxy groups -OCH3 is 1. The minimum absolute atomic E-state index is 0.128. The average Bonchev–Trinajstić information content (AvgIpc) is 2.93. The number of hydrogen-bond donors (Lipinski definition) is 5. The number of aromatic nitrogens is 1. The molecule has 1 aromatic heterocycles. The number of aliphatic hydroxyl groups excluding tert-OH is 3. The van der Waals surface area contributed by atoms with E-state index in [1.54, 1.807) is 0 Å². The first-order valence-electron chi connectivity index (χ1n) is 6.08. The minimum Gasteiger partial charge on any atom is -0.476 e. The van der Waals surface area contributed by atoms with Gasteiger partial charge in [-0.15, -0.1) is 11.3 Å². The molecule has 1 saturated heterocycles. The van der Waals surface area contributed by atoms with Gasteiger partial charge >= 0.3 is 5.97 Å². The number of anilines is 1. The van der Waals surface area contributed by atoms with E-state index in [-0.39, 0.29) is 10.8 Å². The molecule has 0 radical (unpaired) electrons. The first kappa shape index (κ1) is 16.1. The summed E-state index contributed by atoms with van der Waals surface area (Å²) < 4.78 is 10.4. The summed E-state index contributed by atoms with van der Waals surface area (Å²) in [5, 5.41) is 42.2. The van der Waals surface area contributed by atoms with Crippen molar-refractivity contribution in [2.75, 3.05) is 19.0 Å². The van der Waals surface area contributed by atoms with Gasteiger partial charge in [-0.05, 0) is 0 Å². The van der Waals surface area contributed by atoms with Crippen molar-refractivity contribution in [3.8, 4) is 0 Å². The number of carbonyl (C=O) groups is 1. The van der Waals surface area contributed by atoms with Crippen LogP contribution in [0.1, 0.15) is 10.5 Å². The lowest BCUT2D eigenvalue weighted by molar-refractivity contribution is -0.254. The van der Waals surface area contributed by atoms with E-state index in [1.165, 1.54) is 12.5 Å². The first-order chi connectivity index (χ1) is 9.97. The highest BCUT2D eigenvalue weighted by atomic mass is 32.1. The van der Waals surface area contributed by atoms with E-state index in [9.17, 15) is 15.0 Å². The van der Waals surface area contributed by atoms with Gasteiger partial charge in [-0.3, -0.25) is 0 Å². The number of nitrogens with one attached hydrogen (secondary N) is 1. The number of aliphatic hydroxyl groups is 3. The van der Waals surface area contributed by atoms with E-state index in [1.807, 2.05) is 0 Å². The van der Waals surface area contributed by atoms with Crippen molar-refractivity contribution in [1.29, 1.82) is 0 Å². The molecule has 0 aliphatic carbocycles. The van der Waals surface area contributed by atoms with Gasteiger partial charge in [-0.25, -0.2) is 9.78 Å². The fraction of sp³-hybridized carbons (Fsp3) is 0.636. The summed E-state index contributed by atoms with van der Waals surface area (Å²) in [6.07, 6.45) is -4.48. The Morgan fingerprint density at radius 2 is 2.24 bits per heavy atom. The van der Waals surface area contributed by atoms with Crippen LogP contribution in [-0.2, 0) is 9.47 Å². The van der Waals surface area contributed by atoms with Gasteiger partial charge < -0.3 is 35.2 Å². The quantitative estimate of drug-likeness (QED) is 0.448. The predicted molar refractivity (Wildman–Crippen MR) is 71.3 cm³/mol. The first-order valence-corrected chi connectivity index (χ1v) is 6.96. The molecule has 5 N–H and O–H groups in total. The van der Waals surface area contributed by atoms with E-state index in [0.29, 0.717) is 0 Å². The SMILES string of the molecule is CO[C@H]1O[C@H](CO)[C@H](O)[C@H](O)[C@H]1Nc1nc(C(=O)O)cs1. The summed E-state index contributed by atoms with van der Waals surface area (Å²) in [6.45, 7) is -0.467. The smallest absolute Gasteiger partial charge is 0.355 e. The molecule has 118 valence electrons. The number of hydrogen-bond acceptors (Lipinski definition) is 9. The summed E-state index contributed by atoms with van der Waals surface area (Å²) in [5.41, 5.74) is -0.128. The van der Waals surface area contributed by atoms with Crippen LogP contribution in [0.15, 0.2) is 5.38 Å². The zero-order valence-electron chi connectivity index (χ0n) is 11.0. The van der Waals surface area contributed by atoms with Crippen LogP contribution in [0.4, 0.5) is 5.13 Å². The molecule has 9 nitrogen and oxygen atoms in total. The van der Waals surface area contributed by atoms with E-state index < -0.39 is 43.2 Å². The van der Waals surface area contributed by atoms with Gasteiger partial charge in [0.2, 0.25) is 0 Å². The molecule has 1 fully saturated rings. The van der Waals surface area contributed by atoms with Crippen LogP contribution < -0.4 is 5.32 Å². The van der Waals surface area contributed by atoms with Gasteiger partial charge in [0.15, 0.2) is 17.1 Å². The maximum Gasteiger partial charge on any atom is 0.355 e. The molecular formula is C11H16N2O7S. The number of rotatable bonds is 5. The second-order valence-corrected chi connectivity index (χ2v) is 5.31. The summed E-state index contributed by atoms with van der Waals surface area (Å²) in [6, 6.07) is -0.861. The van der Waals surface area contributed by atoms with Gasteiger partial charge in [-0.2, -0.15) is 0 Å². The Labute approximate surface area is 123 Å². The van der Waals surface area contributed by atoms with Crippen LogP contribution in [0.3, 0.4) is 0 Å². The van der Waals surface area contributed by atoms with E-state index in [0.717, 1.165) is 11.3 Å². The Kier molecular flexibility index (Phi) is 5.08. The molecule has 21 heavy (non-hydrogen) atoms. The van der Waals surface area contributed by atoms with Gasteiger partial charge in [0.05, 0.1) is 6.61 Å². The van der Waals surface area contributed by atoms with Crippen LogP contribution in [0.5, 0.6) is 0 Å². The minimum atomic E-state index is -1.31. The lowest BCUT2D eigenvalue weighted by Gasteiger charge is -2.41. The van der Waals surface area contributed by atoms with Crippen molar-refractivity contribution in [1.82, 2.24) is 4.98 Å². The third kappa shape index (κ3) is 3.31. The molecule has 0 bridgehead atoms. The van der Waals surface area contributed by atoms with Crippen molar-refractivity contribution in [2.24, 2.45) is 0 Å². The van der Waals surface area contributed by atoms with Gasteiger partial charge in [0.25, 0.3) is 0 Å². The molecule has 0 amide bonds. The summed E-state index contributed by atoms with van der Waals surface area (Å²) in [5.74, 6) is -1.16. The Morgan fingerprint density at radius 3 is 2.76 bits per heavy atom. The molecule has 0 unspecified atom stereocenters. The van der Waals surface area contributed by atoms with Crippen molar-refractivity contribution in [2.45, 2.75) is 30.6 Å². The molecule has 10 heteroatoms. The van der Waals surface area contributed by atoms with Crippen LogP contribution in [-0.4, -0.2) is 75.7 Å². The predicted octanol–water partition coefficient (Wildman–Crippen LogP) is -1.29.